The summed E-state index contributed by atoms with van der Waals surface area (Å²) in [7, 11) is 0. The summed E-state index contributed by atoms with van der Waals surface area (Å²) in [5.41, 5.74) is 1.99. The van der Waals surface area contributed by atoms with Crippen molar-refractivity contribution in [3.63, 3.8) is 0 Å². The number of anilines is 1. The number of ether oxygens (including phenoxy) is 1. The van der Waals surface area contributed by atoms with E-state index in [1.54, 1.807) is 13.8 Å². The number of aryl methyl sites for hydroxylation is 3. The van der Waals surface area contributed by atoms with E-state index in [0.717, 1.165) is 16.5 Å². The molecular formula is C25H28N2O6. The second kappa shape index (κ2) is 9.44. The van der Waals surface area contributed by atoms with Gasteiger partial charge in [-0.1, -0.05) is 25.1 Å². The fraction of sp³-hybridized carbons (Fsp3) is 0.360. The molecule has 0 saturated heterocycles. The first-order valence-electron chi connectivity index (χ1n) is 10.9. The lowest BCUT2D eigenvalue weighted by molar-refractivity contribution is -0.119. The standard InChI is InChI=1S/C25H28N2O6/c1-7-18(27-19(29)12-14(4)17-11-9-10-13(3)22(17)27)23(30)26-24-21(25(31)32-8-2)20(15(5)28)16(6)33-24/h9-12,18H,7-8H2,1-6H3,(H,26,30). The molecule has 0 saturated carbocycles. The number of fused-ring (bicyclic) bond motifs is 1. The maximum absolute atomic E-state index is 13.4. The van der Waals surface area contributed by atoms with Crippen molar-refractivity contribution in [2.24, 2.45) is 0 Å². The van der Waals surface area contributed by atoms with Crippen molar-refractivity contribution in [2.45, 2.75) is 54.0 Å². The summed E-state index contributed by atoms with van der Waals surface area (Å²) in [6.45, 7) is 10.1. The van der Waals surface area contributed by atoms with Crippen LogP contribution in [0, 0.1) is 20.8 Å². The minimum absolute atomic E-state index is 0.0607. The first-order chi connectivity index (χ1) is 15.6. The zero-order chi connectivity index (χ0) is 24.4. The zero-order valence-corrected chi connectivity index (χ0v) is 19.7. The molecule has 0 aliphatic heterocycles. The molecule has 8 heteroatoms. The zero-order valence-electron chi connectivity index (χ0n) is 19.7. The van der Waals surface area contributed by atoms with Crippen molar-refractivity contribution >= 4 is 34.4 Å². The summed E-state index contributed by atoms with van der Waals surface area (Å²) in [4.78, 5) is 51.1. The lowest BCUT2D eigenvalue weighted by Crippen LogP contribution is -2.34. The molecule has 1 N–H and O–H groups in total. The van der Waals surface area contributed by atoms with Gasteiger partial charge in [0.05, 0.1) is 17.7 Å². The van der Waals surface area contributed by atoms with Gasteiger partial charge in [0, 0.05) is 11.5 Å². The molecule has 0 radical (unpaired) electrons. The molecule has 174 valence electrons. The average molecular weight is 453 g/mol. The van der Waals surface area contributed by atoms with E-state index >= 15 is 0 Å². The number of Topliss-reactive ketones (excluding diaryl/α,β-unsaturated/α-hetero) is 1. The number of nitrogens with zero attached hydrogens (tertiary/aromatic N) is 1. The molecule has 8 nitrogen and oxygen atoms in total. The number of hydrogen-bond donors (Lipinski definition) is 1. The van der Waals surface area contributed by atoms with Gasteiger partial charge in [-0.15, -0.1) is 0 Å². The van der Waals surface area contributed by atoms with Gasteiger partial charge in [0.1, 0.15) is 17.4 Å². The van der Waals surface area contributed by atoms with Crippen molar-refractivity contribution in [3.05, 3.63) is 62.6 Å². The SMILES string of the molecule is CCOC(=O)c1c(NC(=O)C(CC)n2c(=O)cc(C)c3cccc(C)c32)oc(C)c1C(C)=O. The highest BCUT2D eigenvalue weighted by Crippen LogP contribution is 2.30. The van der Waals surface area contributed by atoms with Crippen molar-refractivity contribution in [1.29, 1.82) is 0 Å². The molecule has 0 aliphatic carbocycles. The predicted octanol–water partition coefficient (Wildman–Crippen LogP) is 4.49. The predicted molar refractivity (Wildman–Crippen MR) is 125 cm³/mol. The van der Waals surface area contributed by atoms with E-state index < -0.39 is 17.9 Å². The number of hydrogen-bond acceptors (Lipinski definition) is 6. The van der Waals surface area contributed by atoms with Gasteiger partial charge in [-0.3, -0.25) is 24.3 Å². The number of para-hydroxylation sites is 1. The Morgan fingerprint density at radius 3 is 2.39 bits per heavy atom. The quantitative estimate of drug-likeness (QED) is 0.418. The Bertz CT molecular complexity index is 1310. The molecule has 1 atom stereocenters. The first kappa shape index (κ1) is 24.0. The van der Waals surface area contributed by atoms with Crippen LogP contribution in [0.1, 0.15) is 70.8 Å². The number of nitrogens with one attached hydrogen (secondary N) is 1. The second-order valence-electron chi connectivity index (χ2n) is 7.93. The Labute approximate surface area is 191 Å². The highest BCUT2D eigenvalue weighted by atomic mass is 16.5. The molecule has 33 heavy (non-hydrogen) atoms. The van der Waals surface area contributed by atoms with Gasteiger partial charge in [0.25, 0.3) is 5.56 Å². The lowest BCUT2D eigenvalue weighted by atomic mass is 10.0. The normalized spacial score (nSPS) is 11.9. The minimum Gasteiger partial charge on any atom is -0.462 e. The highest BCUT2D eigenvalue weighted by molar-refractivity contribution is 6.11. The molecule has 2 heterocycles. The molecule has 0 fully saturated rings. The van der Waals surface area contributed by atoms with E-state index in [-0.39, 0.29) is 40.7 Å². The van der Waals surface area contributed by atoms with Crippen molar-refractivity contribution in [2.75, 3.05) is 11.9 Å². The van der Waals surface area contributed by atoms with Gasteiger partial charge < -0.3 is 9.15 Å². The first-order valence-corrected chi connectivity index (χ1v) is 10.9. The van der Waals surface area contributed by atoms with Crippen LogP contribution in [-0.4, -0.2) is 28.8 Å². The van der Waals surface area contributed by atoms with E-state index in [1.807, 2.05) is 32.0 Å². The third-order valence-electron chi connectivity index (χ3n) is 5.63. The van der Waals surface area contributed by atoms with E-state index in [9.17, 15) is 19.2 Å². The largest absolute Gasteiger partial charge is 0.462 e. The number of esters is 1. The summed E-state index contributed by atoms with van der Waals surface area (Å²) < 4.78 is 12.1. The Morgan fingerprint density at radius 1 is 1.09 bits per heavy atom. The Hall–Kier alpha value is -3.68. The average Bonchev–Trinajstić information content (AvgIpc) is 3.07. The summed E-state index contributed by atoms with van der Waals surface area (Å²) in [5, 5.41) is 3.50. The van der Waals surface area contributed by atoms with Crippen LogP contribution in [0.3, 0.4) is 0 Å². The lowest BCUT2D eigenvalue weighted by Gasteiger charge is -2.21. The molecule has 0 aliphatic rings. The third-order valence-corrected chi connectivity index (χ3v) is 5.63. The summed E-state index contributed by atoms with van der Waals surface area (Å²) in [6.07, 6.45) is 0.312. The van der Waals surface area contributed by atoms with Crippen molar-refractivity contribution < 1.29 is 23.5 Å². The Kier molecular flexibility index (Phi) is 6.86. The number of furan rings is 1. The number of pyridine rings is 1. The molecule has 1 aromatic carbocycles. The molecule has 1 amide bonds. The fourth-order valence-electron chi connectivity index (χ4n) is 4.18. The summed E-state index contributed by atoms with van der Waals surface area (Å²) in [5.74, 6) is -1.66. The van der Waals surface area contributed by atoms with Crippen LogP contribution in [0.4, 0.5) is 5.88 Å². The van der Waals surface area contributed by atoms with Crippen LogP contribution < -0.4 is 10.9 Å². The highest BCUT2D eigenvalue weighted by Gasteiger charge is 2.31. The molecule has 0 bridgehead atoms. The number of ketones is 1. The monoisotopic (exact) mass is 452 g/mol. The van der Waals surface area contributed by atoms with Crippen LogP contribution in [0.25, 0.3) is 10.9 Å². The second-order valence-corrected chi connectivity index (χ2v) is 7.93. The topological polar surface area (TPSA) is 108 Å². The number of carbonyl (C=O) groups is 3. The Balaban J connectivity index is 2.13. The van der Waals surface area contributed by atoms with Crippen LogP contribution >= 0.6 is 0 Å². The van der Waals surface area contributed by atoms with Crippen LogP contribution in [-0.2, 0) is 9.53 Å². The van der Waals surface area contributed by atoms with Crippen molar-refractivity contribution in [1.82, 2.24) is 4.57 Å². The van der Waals surface area contributed by atoms with Gasteiger partial charge in [-0.25, -0.2) is 4.79 Å². The Morgan fingerprint density at radius 2 is 1.79 bits per heavy atom. The van der Waals surface area contributed by atoms with Gasteiger partial charge in [0.2, 0.25) is 11.8 Å². The van der Waals surface area contributed by atoms with Gasteiger partial charge in [-0.05, 0) is 52.2 Å². The number of amides is 1. The molecule has 2 aromatic heterocycles. The maximum atomic E-state index is 13.4. The number of carbonyl (C=O) groups excluding carboxylic acids is 3. The number of rotatable bonds is 7. The number of benzene rings is 1. The maximum Gasteiger partial charge on any atom is 0.344 e. The molecular weight excluding hydrogens is 424 g/mol. The summed E-state index contributed by atoms with van der Waals surface area (Å²) >= 11 is 0. The van der Waals surface area contributed by atoms with E-state index in [4.69, 9.17) is 9.15 Å². The van der Waals surface area contributed by atoms with E-state index in [1.165, 1.54) is 24.5 Å². The van der Waals surface area contributed by atoms with Crippen LogP contribution in [0.5, 0.6) is 0 Å². The van der Waals surface area contributed by atoms with Gasteiger partial charge in [-0.2, -0.15) is 0 Å². The minimum atomic E-state index is -0.872. The number of aromatic nitrogens is 1. The smallest absolute Gasteiger partial charge is 0.344 e. The molecule has 0 spiro atoms. The van der Waals surface area contributed by atoms with Gasteiger partial charge in [0.15, 0.2) is 5.78 Å². The molecule has 3 rings (SSSR count). The van der Waals surface area contributed by atoms with Crippen LogP contribution in [0.2, 0.25) is 0 Å². The van der Waals surface area contributed by atoms with Crippen molar-refractivity contribution in [3.8, 4) is 0 Å². The van der Waals surface area contributed by atoms with E-state index in [2.05, 4.69) is 5.32 Å². The molecule has 1 unspecified atom stereocenters. The summed E-state index contributed by atoms with van der Waals surface area (Å²) in [6, 6.07) is 6.33. The fourth-order valence-corrected chi connectivity index (χ4v) is 4.18. The van der Waals surface area contributed by atoms with Crippen LogP contribution in [0.15, 0.2) is 33.5 Å². The molecule has 3 aromatic rings. The third kappa shape index (κ3) is 4.33. The van der Waals surface area contributed by atoms with E-state index in [0.29, 0.717) is 11.9 Å². The van der Waals surface area contributed by atoms with Gasteiger partial charge >= 0.3 is 5.97 Å².